The number of nitrogens with one attached hydrogen (secondary N) is 1. The van der Waals surface area contributed by atoms with Crippen LogP contribution in [0.15, 0.2) is 41.8 Å². The van der Waals surface area contributed by atoms with Crippen LogP contribution >= 0.6 is 7.60 Å². The second kappa shape index (κ2) is 11.7. The van der Waals surface area contributed by atoms with Crippen molar-refractivity contribution in [1.82, 2.24) is 5.43 Å². The molecule has 10 heteroatoms. The first-order chi connectivity index (χ1) is 14.1. The lowest BCUT2D eigenvalue weighted by atomic mass is 10.2. The first kappa shape index (κ1) is 25.7. The predicted molar refractivity (Wildman–Crippen MR) is 114 cm³/mol. The van der Waals surface area contributed by atoms with Gasteiger partial charge in [0.15, 0.2) is 5.31 Å². The topological polar surface area (TPSA) is 103 Å². The highest BCUT2D eigenvalue weighted by molar-refractivity contribution is 7.59. The predicted octanol–water partition coefficient (Wildman–Crippen LogP) is 4.60. The van der Waals surface area contributed by atoms with Crippen LogP contribution in [-0.4, -0.2) is 37.5 Å². The molecule has 0 unspecified atom stereocenters. The minimum absolute atomic E-state index is 0.0405. The van der Waals surface area contributed by atoms with Gasteiger partial charge in [0.2, 0.25) is 0 Å². The zero-order valence-electron chi connectivity index (χ0n) is 18.3. The summed E-state index contributed by atoms with van der Waals surface area (Å²) in [7, 11) is -4.02. The molecule has 0 aliphatic carbocycles. The molecular weight excluding hydrogens is 411 g/mol. The monoisotopic (exact) mass is 442 g/mol. The molecule has 0 fully saturated rings. The summed E-state index contributed by atoms with van der Waals surface area (Å²) in [5.41, 5.74) is 2.26. The Hall–Kier alpha value is -2.35. The summed E-state index contributed by atoms with van der Waals surface area (Å²) in [6.45, 7) is 10.2. The van der Waals surface area contributed by atoms with Crippen LogP contribution in [0.4, 0.5) is 10.5 Å². The van der Waals surface area contributed by atoms with E-state index in [1.165, 1.54) is 11.2 Å². The number of anilines is 1. The molecule has 0 atom stereocenters. The van der Waals surface area contributed by atoms with E-state index in [-0.39, 0.29) is 25.1 Å². The van der Waals surface area contributed by atoms with Crippen molar-refractivity contribution < 1.29 is 32.7 Å². The Morgan fingerprint density at radius 1 is 1.03 bits per heavy atom. The molecular formula is C20H31N2O7P. The van der Waals surface area contributed by atoms with Gasteiger partial charge in [-0.25, -0.2) is 15.0 Å². The van der Waals surface area contributed by atoms with Gasteiger partial charge in [-0.2, -0.15) is 0 Å². The van der Waals surface area contributed by atoms with Crippen molar-refractivity contribution in [2.45, 2.75) is 47.1 Å². The van der Waals surface area contributed by atoms with Crippen LogP contribution in [-0.2, 0) is 27.9 Å². The number of para-hydroxylation sites is 1. The lowest BCUT2D eigenvalue weighted by Crippen LogP contribution is -2.42. The normalized spacial score (nSPS) is 12.3. The van der Waals surface area contributed by atoms with Crippen LogP contribution in [0.5, 0.6) is 0 Å². The molecule has 1 N–H and O–H groups in total. The number of ether oxygens (including phenoxy) is 2. The fraction of sp³-hybridized carbons (Fsp3) is 0.500. The van der Waals surface area contributed by atoms with Crippen molar-refractivity contribution in [1.29, 1.82) is 0 Å². The zero-order chi connectivity index (χ0) is 22.8. The second-order valence-electron chi connectivity index (χ2n) is 6.89. The fourth-order valence-electron chi connectivity index (χ4n) is 2.24. The molecule has 0 aliphatic rings. The lowest BCUT2D eigenvalue weighted by molar-refractivity contribution is -0.137. The number of carbonyl (C=O) groups is 2. The van der Waals surface area contributed by atoms with Crippen molar-refractivity contribution in [2.24, 2.45) is 0 Å². The Morgan fingerprint density at radius 3 is 2.07 bits per heavy atom. The first-order valence-electron chi connectivity index (χ1n) is 9.68. The zero-order valence-corrected chi connectivity index (χ0v) is 19.2. The maximum atomic E-state index is 13.3. The lowest BCUT2D eigenvalue weighted by Gasteiger charge is -2.27. The van der Waals surface area contributed by atoms with E-state index in [0.29, 0.717) is 5.69 Å². The number of benzene rings is 1. The Balaban J connectivity index is 3.48. The van der Waals surface area contributed by atoms with E-state index in [2.05, 4.69) is 5.43 Å². The van der Waals surface area contributed by atoms with E-state index >= 15 is 0 Å². The third-order valence-electron chi connectivity index (χ3n) is 3.27. The number of amides is 1. The molecule has 9 nitrogen and oxygen atoms in total. The van der Waals surface area contributed by atoms with E-state index < -0.39 is 25.3 Å². The maximum absolute atomic E-state index is 13.3. The summed E-state index contributed by atoms with van der Waals surface area (Å²) >= 11 is 0. The van der Waals surface area contributed by atoms with Crippen molar-refractivity contribution in [3.05, 3.63) is 41.8 Å². The number of nitrogens with zero attached hydrogens (tertiary/aromatic N) is 1. The Bertz CT molecular complexity index is 765. The van der Waals surface area contributed by atoms with Crippen molar-refractivity contribution >= 4 is 25.3 Å². The standard InChI is InChI=1S/C20H31N2O7P/c1-7-26-18(23)17(30(25,27-8-2)28-9-3)15-22(16-13-11-10-12-14-16)21-19(24)29-20(4,5)6/h10-15H,7-9H2,1-6H3,(H,21,24)/b17-15+. The minimum atomic E-state index is -4.02. The van der Waals surface area contributed by atoms with Crippen LogP contribution in [0.3, 0.4) is 0 Å². The van der Waals surface area contributed by atoms with Gasteiger partial charge in [-0.05, 0) is 53.7 Å². The number of hydrogen-bond acceptors (Lipinski definition) is 8. The summed E-state index contributed by atoms with van der Waals surface area (Å²) in [6.07, 6.45) is 0.400. The molecule has 1 aromatic rings. The van der Waals surface area contributed by atoms with E-state index in [4.69, 9.17) is 18.5 Å². The summed E-state index contributed by atoms with van der Waals surface area (Å²) < 4.78 is 34.3. The largest absolute Gasteiger partial charge is 0.462 e. The van der Waals surface area contributed by atoms with Crippen molar-refractivity contribution in [3.63, 3.8) is 0 Å². The molecule has 0 saturated carbocycles. The van der Waals surface area contributed by atoms with Gasteiger partial charge in [-0.1, -0.05) is 18.2 Å². The highest BCUT2D eigenvalue weighted by Gasteiger charge is 2.37. The van der Waals surface area contributed by atoms with Crippen LogP contribution < -0.4 is 10.4 Å². The molecule has 0 saturated heterocycles. The number of rotatable bonds is 10. The molecule has 168 valence electrons. The van der Waals surface area contributed by atoms with Gasteiger partial charge in [0.25, 0.3) is 0 Å². The maximum Gasteiger partial charge on any atom is 0.426 e. The Labute approximate surface area is 177 Å². The third kappa shape index (κ3) is 8.18. The summed E-state index contributed by atoms with van der Waals surface area (Å²) in [6, 6.07) is 8.63. The number of hydrazine groups is 1. The summed E-state index contributed by atoms with van der Waals surface area (Å²) in [5, 5.41) is 0.860. The summed E-state index contributed by atoms with van der Waals surface area (Å²) in [5.74, 6) is -0.880. The quantitative estimate of drug-likeness (QED) is 0.243. The third-order valence-corrected chi connectivity index (χ3v) is 5.36. The minimum Gasteiger partial charge on any atom is -0.462 e. The van der Waals surface area contributed by atoms with Crippen LogP contribution in [0, 0.1) is 0 Å². The molecule has 1 rings (SSSR count). The van der Waals surface area contributed by atoms with Gasteiger partial charge in [-0.3, -0.25) is 9.57 Å². The second-order valence-corrected chi connectivity index (χ2v) is 8.88. The molecule has 0 aromatic heterocycles. The van der Waals surface area contributed by atoms with Gasteiger partial charge in [0.1, 0.15) is 5.60 Å². The van der Waals surface area contributed by atoms with Gasteiger partial charge in [0, 0.05) is 6.20 Å². The van der Waals surface area contributed by atoms with Crippen molar-refractivity contribution in [3.8, 4) is 0 Å². The molecule has 0 bridgehead atoms. The van der Waals surface area contributed by atoms with Gasteiger partial charge in [-0.15, -0.1) is 0 Å². The smallest absolute Gasteiger partial charge is 0.426 e. The number of carbonyl (C=O) groups excluding carboxylic acids is 2. The Kier molecular flexibility index (Phi) is 10.0. The van der Waals surface area contributed by atoms with E-state index in [0.717, 1.165) is 0 Å². The molecule has 1 aromatic carbocycles. The van der Waals surface area contributed by atoms with E-state index in [1.54, 1.807) is 71.9 Å². The molecule has 0 aliphatic heterocycles. The fourth-order valence-corrected chi connectivity index (χ4v) is 3.82. The molecule has 0 spiro atoms. The average molecular weight is 442 g/mol. The average Bonchev–Trinajstić information content (AvgIpc) is 2.64. The van der Waals surface area contributed by atoms with Crippen LogP contribution in [0.1, 0.15) is 41.5 Å². The van der Waals surface area contributed by atoms with Crippen LogP contribution in [0.2, 0.25) is 0 Å². The highest BCUT2D eigenvalue weighted by Crippen LogP contribution is 2.56. The molecule has 1 amide bonds. The van der Waals surface area contributed by atoms with E-state index in [9.17, 15) is 14.2 Å². The number of esters is 1. The number of hydrogen-bond donors (Lipinski definition) is 1. The Morgan fingerprint density at radius 2 is 1.60 bits per heavy atom. The summed E-state index contributed by atoms with van der Waals surface area (Å²) in [4.78, 5) is 25.0. The molecule has 30 heavy (non-hydrogen) atoms. The van der Waals surface area contributed by atoms with Crippen LogP contribution in [0.25, 0.3) is 0 Å². The van der Waals surface area contributed by atoms with E-state index in [1.807, 2.05) is 0 Å². The van der Waals surface area contributed by atoms with Gasteiger partial charge < -0.3 is 18.5 Å². The van der Waals surface area contributed by atoms with Crippen molar-refractivity contribution in [2.75, 3.05) is 24.8 Å². The highest BCUT2D eigenvalue weighted by atomic mass is 31.2. The van der Waals surface area contributed by atoms with Gasteiger partial charge in [0.05, 0.1) is 25.5 Å². The van der Waals surface area contributed by atoms with Gasteiger partial charge >= 0.3 is 19.7 Å². The SMILES string of the molecule is CCOC(=O)/C(=C\N(NC(=O)OC(C)(C)C)c1ccccc1)P(=O)(OCC)OCC. The first-order valence-corrected chi connectivity index (χ1v) is 11.2. The molecule has 0 heterocycles. The molecule has 0 radical (unpaired) electrons.